The molecule has 142 valence electrons. The fourth-order valence-corrected chi connectivity index (χ4v) is 2.73. The molecule has 26 heavy (non-hydrogen) atoms. The minimum atomic E-state index is -0.328. The van der Waals surface area contributed by atoms with Gasteiger partial charge in [0.25, 0.3) is 5.91 Å². The number of thiocarbonyl (C=S) groups is 1. The topological polar surface area (TPSA) is 71.6 Å². The van der Waals surface area contributed by atoms with Crippen molar-refractivity contribution in [3.63, 3.8) is 0 Å². The Kier molecular flexibility index (Phi) is 8.50. The van der Waals surface area contributed by atoms with Crippen molar-refractivity contribution in [3.05, 3.63) is 28.8 Å². The van der Waals surface area contributed by atoms with Crippen LogP contribution in [0.2, 0.25) is 5.02 Å². The molecule has 0 atom stereocenters. The van der Waals surface area contributed by atoms with E-state index in [4.69, 9.17) is 33.3 Å². The van der Waals surface area contributed by atoms with E-state index in [1.807, 2.05) is 0 Å². The Morgan fingerprint density at radius 1 is 1.27 bits per heavy atom. The first kappa shape index (κ1) is 20.3. The molecule has 0 unspecified atom stereocenters. The third kappa shape index (κ3) is 6.72. The van der Waals surface area contributed by atoms with Gasteiger partial charge in [-0.3, -0.25) is 15.6 Å². The number of amides is 1. The first-order valence-corrected chi connectivity index (χ1v) is 9.50. The summed E-state index contributed by atoms with van der Waals surface area (Å²) in [6, 6.07) is 3.52. The number of rotatable bonds is 6. The predicted octanol–water partition coefficient (Wildman–Crippen LogP) is 3.20. The number of carbonyl (C=O) groups is 1. The van der Waals surface area contributed by atoms with Crippen LogP contribution in [-0.4, -0.2) is 30.8 Å². The van der Waals surface area contributed by atoms with Gasteiger partial charge >= 0.3 is 0 Å². The molecule has 0 radical (unpaired) electrons. The van der Waals surface area contributed by atoms with Crippen molar-refractivity contribution in [2.75, 3.05) is 19.8 Å². The normalized spacial score (nSPS) is 13.2. The highest BCUT2D eigenvalue weighted by Crippen LogP contribution is 2.38. The first-order valence-electron chi connectivity index (χ1n) is 8.71. The Morgan fingerprint density at radius 2 is 2.08 bits per heavy atom. The second-order valence-corrected chi connectivity index (χ2v) is 6.61. The zero-order valence-electron chi connectivity index (χ0n) is 14.8. The van der Waals surface area contributed by atoms with Gasteiger partial charge in [-0.05, 0) is 42.4 Å². The number of ether oxygens (including phenoxy) is 2. The van der Waals surface area contributed by atoms with E-state index in [2.05, 4.69) is 23.1 Å². The molecule has 2 rings (SSSR count). The minimum absolute atomic E-state index is 0.328. The predicted molar refractivity (Wildman–Crippen MR) is 107 cm³/mol. The van der Waals surface area contributed by atoms with Crippen LogP contribution in [0.25, 0.3) is 6.08 Å². The molecule has 0 fully saturated rings. The number of fused-ring (bicyclic) bond motifs is 1. The van der Waals surface area contributed by atoms with E-state index < -0.39 is 0 Å². The van der Waals surface area contributed by atoms with Crippen LogP contribution in [-0.2, 0) is 4.79 Å². The molecule has 1 aliphatic heterocycles. The van der Waals surface area contributed by atoms with Gasteiger partial charge in [-0.2, -0.15) is 0 Å². The second-order valence-electron chi connectivity index (χ2n) is 5.79. The maximum Gasteiger partial charge on any atom is 0.262 e. The lowest BCUT2D eigenvalue weighted by Gasteiger charge is -2.11. The van der Waals surface area contributed by atoms with Gasteiger partial charge in [-0.15, -0.1) is 0 Å². The number of hydrazine groups is 1. The van der Waals surface area contributed by atoms with E-state index in [1.54, 1.807) is 18.2 Å². The molecule has 8 heteroatoms. The van der Waals surface area contributed by atoms with Crippen molar-refractivity contribution in [1.29, 1.82) is 0 Å². The van der Waals surface area contributed by atoms with Crippen molar-refractivity contribution in [2.24, 2.45) is 0 Å². The maximum atomic E-state index is 11.9. The molecule has 0 spiro atoms. The van der Waals surface area contributed by atoms with Crippen LogP contribution in [0.5, 0.6) is 11.5 Å². The van der Waals surface area contributed by atoms with Gasteiger partial charge in [0.2, 0.25) is 0 Å². The lowest BCUT2D eigenvalue weighted by atomic mass is 10.2. The van der Waals surface area contributed by atoms with E-state index in [0.717, 1.165) is 37.8 Å². The average Bonchev–Trinajstić information content (AvgIpc) is 2.87. The number of benzene rings is 1. The molecule has 0 saturated carbocycles. The molecule has 1 amide bonds. The highest BCUT2D eigenvalue weighted by molar-refractivity contribution is 7.80. The highest BCUT2D eigenvalue weighted by atomic mass is 35.5. The number of nitrogens with one attached hydrogen (secondary N) is 3. The van der Waals surface area contributed by atoms with Crippen LogP contribution >= 0.6 is 23.8 Å². The minimum Gasteiger partial charge on any atom is -0.489 e. The summed E-state index contributed by atoms with van der Waals surface area (Å²) in [4.78, 5) is 11.9. The van der Waals surface area contributed by atoms with Crippen LogP contribution in [0.1, 0.15) is 38.2 Å². The molecule has 1 aromatic rings. The average molecular weight is 398 g/mol. The van der Waals surface area contributed by atoms with E-state index in [1.165, 1.54) is 6.08 Å². The monoisotopic (exact) mass is 397 g/mol. The molecule has 6 nitrogen and oxygen atoms in total. The summed E-state index contributed by atoms with van der Waals surface area (Å²) in [5.41, 5.74) is 5.92. The Balaban J connectivity index is 1.83. The van der Waals surface area contributed by atoms with Crippen molar-refractivity contribution in [1.82, 2.24) is 16.2 Å². The summed E-state index contributed by atoms with van der Waals surface area (Å²) in [6.45, 7) is 4.06. The molecular weight excluding hydrogens is 374 g/mol. The molecule has 0 bridgehead atoms. The van der Waals surface area contributed by atoms with Crippen molar-refractivity contribution in [3.8, 4) is 11.5 Å². The van der Waals surface area contributed by atoms with Crippen molar-refractivity contribution >= 4 is 40.9 Å². The molecule has 0 aromatic heterocycles. The Morgan fingerprint density at radius 3 is 2.88 bits per heavy atom. The standard InChI is InChI=1S/C18H24ClN3O3S/c1-2-3-4-8-20-18(26)22-21-16(23)7-6-13-11-14(19)17-15(12-13)24-9-5-10-25-17/h6-7,11-12H,2-5,8-10H2,1H3,(H,21,23)(H2,20,22,26)/b7-6+. The third-order valence-corrected chi connectivity index (χ3v) is 4.14. The van der Waals surface area contributed by atoms with E-state index >= 15 is 0 Å². The molecule has 1 aliphatic rings. The number of hydrogen-bond donors (Lipinski definition) is 3. The lowest BCUT2D eigenvalue weighted by Crippen LogP contribution is -2.46. The van der Waals surface area contributed by atoms with Gasteiger partial charge in [0.05, 0.1) is 18.2 Å². The smallest absolute Gasteiger partial charge is 0.262 e. The van der Waals surface area contributed by atoms with Crippen molar-refractivity contribution in [2.45, 2.75) is 32.6 Å². The Hall–Kier alpha value is -1.99. The Bertz CT molecular complexity index is 667. The zero-order chi connectivity index (χ0) is 18.8. The number of halogens is 1. The molecule has 1 heterocycles. The van der Waals surface area contributed by atoms with Crippen LogP contribution in [0.15, 0.2) is 18.2 Å². The SMILES string of the molecule is CCCCCNC(=S)NNC(=O)/C=C/c1cc(Cl)c2c(c1)OCCCO2. The van der Waals surface area contributed by atoms with E-state index in [0.29, 0.717) is 34.8 Å². The molecular formula is C18H24ClN3O3S. The third-order valence-electron chi connectivity index (χ3n) is 3.62. The van der Waals surface area contributed by atoms with E-state index in [-0.39, 0.29) is 5.91 Å². The van der Waals surface area contributed by atoms with Gasteiger partial charge in [0, 0.05) is 19.0 Å². The molecule has 0 saturated heterocycles. The van der Waals surface area contributed by atoms with E-state index in [9.17, 15) is 4.79 Å². The fourth-order valence-electron chi connectivity index (χ4n) is 2.30. The number of carbonyl (C=O) groups excluding carboxylic acids is 1. The largest absolute Gasteiger partial charge is 0.489 e. The fraction of sp³-hybridized carbons (Fsp3) is 0.444. The van der Waals surface area contributed by atoms with Crippen LogP contribution in [0.4, 0.5) is 0 Å². The van der Waals surface area contributed by atoms with Crippen LogP contribution in [0.3, 0.4) is 0 Å². The lowest BCUT2D eigenvalue weighted by molar-refractivity contribution is -0.116. The summed E-state index contributed by atoms with van der Waals surface area (Å²) < 4.78 is 11.2. The molecule has 3 N–H and O–H groups in total. The second kappa shape index (κ2) is 10.9. The highest BCUT2D eigenvalue weighted by Gasteiger charge is 2.14. The quantitative estimate of drug-likeness (QED) is 0.296. The first-order chi connectivity index (χ1) is 12.6. The van der Waals surface area contributed by atoms with Gasteiger partial charge < -0.3 is 14.8 Å². The number of hydrogen-bond acceptors (Lipinski definition) is 4. The van der Waals surface area contributed by atoms with Gasteiger partial charge in [0.15, 0.2) is 16.6 Å². The summed E-state index contributed by atoms with van der Waals surface area (Å²) in [5.74, 6) is 0.809. The zero-order valence-corrected chi connectivity index (χ0v) is 16.3. The molecule has 0 aliphatic carbocycles. The summed E-state index contributed by atoms with van der Waals surface area (Å²) in [6.07, 6.45) is 7.17. The molecule has 1 aromatic carbocycles. The summed E-state index contributed by atoms with van der Waals surface area (Å²) in [5, 5.41) is 3.88. The van der Waals surface area contributed by atoms with Crippen molar-refractivity contribution < 1.29 is 14.3 Å². The van der Waals surface area contributed by atoms with Gasteiger partial charge in [0.1, 0.15) is 0 Å². The van der Waals surface area contributed by atoms with Gasteiger partial charge in [-0.1, -0.05) is 31.4 Å². The van der Waals surface area contributed by atoms with Gasteiger partial charge in [-0.25, -0.2) is 0 Å². The summed E-state index contributed by atoms with van der Waals surface area (Å²) in [7, 11) is 0. The van der Waals surface area contributed by atoms with Crippen LogP contribution < -0.4 is 25.6 Å². The number of unbranched alkanes of at least 4 members (excludes halogenated alkanes) is 2. The summed E-state index contributed by atoms with van der Waals surface area (Å²) >= 11 is 11.3. The van der Waals surface area contributed by atoms with Crippen LogP contribution in [0, 0.1) is 0 Å². The Labute approximate surface area is 164 Å². The maximum absolute atomic E-state index is 11.9.